The van der Waals surface area contributed by atoms with Crippen LogP contribution in [0.5, 0.6) is 5.75 Å². The van der Waals surface area contributed by atoms with E-state index in [-0.39, 0.29) is 6.61 Å². The number of hydrogen-bond donors (Lipinski definition) is 2. The quantitative estimate of drug-likeness (QED) is 0.817. The van der Waals surface area contributed by atoms with E-state index in [4.69, 9.17) is 4.74 Å². The highest BCUT2D eigenvalue weighted by atomic mass is 79.9. The molecule has 0 aliphatic heterocycles. The Morgan fingerprint density at radius 2 is 1.75 bits per heavy atom. The molecule has 0 radical (unpaired) electrons. The van der Waals surface area contributed by atoms with E-state index in [9.17, 15) is 5.11 Å². The number of ether oxygens (including phenoxy) is 1. The highest BCUT2D eigenvalue weighted by molar-refractivity contribution is 9.10. The molecule has 2 rings (SSSR count). The van der Waals surface area contributed by atoms with Gasteiger partial charge in [-0.2, -0.15) is 0 Å². The summed E-state index contributed by atoms with van der Waals surface area (Å²) in [4.78, 5) is 0. The predicted molar refractivity (Wildman–Crippen MR) is 83.8 cm³/mol. The molecule has 0 bridgehead atoms. The summed E-state index contributed by atoms with van der Waals surface area (Å²) in [7, 11) is 0. The normalized spacial score (nSPS) is 12.1. The van der Waals surface area contributed by atoms with Crippen LogP contribution in [-0.2, 0) is 6.54 Å². The Labute approximate surface area is 127 Å². The van der Waals surface area contributed by atoms with Gasteiger partial charge in [-0.15, -0.1) is 0 Å². The SMILES string of the molecule is OC(CNCc1ccccc1)COc1ccc(Br)cc1. The van der Waals surface area contributed by atoms with Gasteiger partial charge in [0.25, 0.3) is 0 Å². The lowest BCUT2D eigenvalue weighted by atomic mass is 10.2. The highest BCUT2D eigenvalue weighted by Gasteiger charge is 2.05. The van der Waals surface area contributed by atoms with Gasteiger partial charge in [0.1, 0.15) is 18.5 Å². The molecule has 0 saturated carbocycles. The van der Waals surface area contributed by atoms with E-state index in [0.29, 0.717) is 6.54 Å². The van der Waals surface area contributed by atoms with Gasteiger partial charge in [-0.25, -0.2) is 0 Å². The Hall–Kier alpha value is -1.36. The van der Waals surface area contributed by atoms with E-state index in [2.05, 4.69) is 33.4 Å². The zero-order valence-corrected chi connectivity index (χ0v) is 12.7. The summed E-state index contributed by atoms with van der Waals surface area (Å²) >= 11 is 3.37. The third-order valence-electron chi connectivity index (χ3n) is 2.81. The van der Waals surface area contributed by atoms with Crippen LogP contribution in [0, 0.1) is 0 Å². The van der Waals surface area contributed by atoms with Crippen molar-refractivity contribution in [1.29, 1.82) is 0 Å². The molecule has 20 heavy (non-hydrogen) atoms. The zero-order chi connectivity index (χ0) is 14.2. The first-order valence-electron chi connectivity index (χ1n) is 6.55. The van der Waals surface area contributed by atoms with E-state index < -0.39 is 6.10 Å². The lowest BCUT2D eigenvalue weighted by Crippen LogP contribution is -2.31. The molecule has 0 fully saturated rings. The maximum absolute atomic E-state index is 9.85. The molecule has 0 heterocycles. The summed E-state index contributed by atoms with van der Waals surface area (Å²) in [6, 6.07) is 17.7. The largest absolute Gasteiger partial charge is 0.491 e. The van der Waals surface area contributed by atoms with Crippen molar-refractivity contribution in [2.24, 2.45) is 0 Å². The average molecular weight is 336 g/mol. The third kappa shape index (κ3) is 5.33. The molecule has 2 N–H and O–H groups in total. The van der Waals surface area contributed by atoms with E-state index in [0.717, 1.165) is 16.8 Å². The Morgan fingerprint density at radius 1 is 1.05 bits per heavy atom. The van der Waals surface area contributed by atoms with Crippen LogP contribution in [0.2, 0.25) is 0 Å². The first kappa shape index (κ1) is 15.0. The lowest BCUT2D eigenvalue weighted by molar-refractivity contribution is 0.106. The number of hydrogen-bond acceptors (Lipinski definition) is 3. The number of halogens is 1. The van der Waals surface area contributed by atoms with E-state index in [1.807, 2.05) is 42.5 Å². The number of aliphatic hydroxyl groups is 1. The summed E-state index contributed by atoms with van der Waals surface area (Å²) < 4.78 is 6.52. The molecule has 0 aromatic heterocycles. The van der Waals surface area contributed by atoms with Crippen LogP contribution in [0.4, 0.5) is 0 Å². The summed E-state index contributed by atoms with van der Waals surface area (Å²) in [5, 5.41) is 13.1. The Bertz CT molecular complexity index is 502. The standard InChI is InChI=1S/C16H18BrNO2/c17-14-6-8-16(9-7-14)20-12-15(19)11-18-10-13-4-2-1-3-5-13/h1-9,15,18-19H,10-12H2. The molecule has 2 aromatic carbocycles. The first-order valence-corrected chi connectivity index (χ1v) is 7.34. The fourth-order valence-corrected chi connectivity index (χ4v) is 2.03. The molecular formula is C16H18BrNO2. The zero-order valence-electron chi connectivity index (χ0n) is 11.1. The van der Waals surface area contributed by atoms with Crippen molar-refractivity contribution >= 4 is 15.9 Å². The summed E-state index contributed by atoms with van der Waals surface area (Å²) in [5.74, 6) is 0.760. The van der Waals surface area contributed by atoms with Crippen LogP contribution in [0.3, 0.4) is 0 Å². The average Bonchev–Trinajstić information content (AvgIpc) is 2.48. The number of aliphatic hydroxyl groups excluding tert-OH is 1. The Balaban J connectivity index is 1.65. The second-order valence-electron chi connectivity index (χ2n) is 4.54. The van der Waals surface area contributed by atoms with Crippen LogP contribution >= 0.6 is 15.9 Å². The fraction of sp³-hybridized carbons (Fsp3) is 0.250. The van der Waals surface area contributed by atoms with Crippen molar-refractivity contribution in [1.82, 2.24) is 5.32 Å². The van der Waals surface area contributed by atoms with Crippen molar-refractivity contribution in [3.8, 4) is 5.75 Å². The van der Waals surface area contributed by atoms with Gasteiger partial charge in [-0.1, -0.05) is 46.3 Å². The molecule has 0 saturated heterocycles. The summed E-state index contributed by atoms with van der Waals surface area (Å²) in [6.07, 6.45) is -0.526. The summed E-state index contributed by atoms with van der Waals surface area (Å²) in [6.45, 7) is 1.53. The Morgan fingerprint density at radius 3 is 2.45 bits per heavy atom. The lowest BCUT2D eigenvalue weighted by Gasteiger charge is -2.13. The molecule has 0 aliphatic rings. The van der Waals surface area contributed by atoms with Crippen molar-refractivity contribution in [3.05, 3.63) is 64.6 Å². The second kappa shape index (κ2) is 8.04. The van der Waals surface area contributed by atoms with Gasteiger partial charge in [0, 0.05) is 17.6 Å². The van der Waals surface area contributed by atoms with Gasteiger partial charge >= 0.3 is 0 Å². The third-order valence-corrected chi connectivity index (χ3v) is 3.34. The van der Waals surface area contributed by atoms with Crippen LogP contribution < -0.4 is 10.1 Å². The number of benzene rings is 2. The predicted octanol–water partition coefficient (Wildman–Crippen LogP) is 2.98. The Kier molecular flexibility index (Phi) is 6.05. The van der Waals surface area contributed by atoms with Crippen molar-refractivity contribution in [2.45, 2.75) is 12.6 Å². The van der Waals surface area contributed by atoms with Gasteiger partial charge < -0.3 is 15.2 Å². The van der Waals surface area contributed by atoms with Crippen LogP contribution in [0.1, 0.15) is 5.56 Å². The second-order valence-corrected chi connectivity index (χ2v) is 5.45. The van der Waals surface area contributed by atoms with Gasteiger partial charge in [0.05, 0.1) is 0 Å². The molecule has 2 aromatic rings. The van der Waals surface area contributed by atoms with Crippen molar-refractivity contribution in [3.63, 3.8) is 0 Å². The molecule has 106 valence electrons. The van der Waals surface area contributed by atoms with Crippen LogP contribution in [0.25, 0.3) is 0 Å². The fourth-order valence-electron chi connectivity index (χ4n) is 1.76. The molecule has 3 nitrogen and oxygen atoms in total. The molecule has 0 aliphatic carbocycles. The minimum atomic E-state index is -0.526. The summed E-state index contributed by atoms with van der Waals surface area (Å²) in [5.41, 5.74) is 1.20. The van der Waals surface area contributed by atoms with Crippen LogP contribution in [-0.4, -0.2) is 24.4 Å². The van der Waals surface area contributed by atoms with Gasteiger partial charge in [0.15, 0.2) is 0 Å². The minimum absolute atomic E-state index is 0.281. The van der Waals surface area contributed by atoms with Crippen LogP contribution in [0.15, 0.2) is 59.1 Å². The maximum atomic E-state index is 9.85. The molecule has 0 amide bonds. The topological polar surface area (TPSA) is 41.5 Å². The maximum Gasteiger partial charge on any atom is 0.119 e. The van der Waals surface area contributed by atoms with Gasteiger partial charge in [0.2, 0.25) is 0 Å². The smallest absolute Gasteiger partial charge is 0.119 e. The molecule has 0 spiro atoms. The monoisotopic (exact) mass is 335 g/mol. The molecule has 1 unspecified atom stereocenters. The molecule has 4 heteroatoms. The van der Waals surface area contributed by atoms with Crippen molar-refractivity contribution in [2.75, 3.05) is 13.2 Å². The first-order chi connectivity index (χ1) is 9.74. The molecular weight excluding hydrogens is 318 g/mol. The number of rotatable bonds is 7. The number of nitrogens with one attached hydrogen (secondary N) is 1. The van der Waals surface area contributed by atoms with E-state index >= 15 is 0 Å². The van der Waals surface area contributed by atoms with Gasteiger partial charge in [-0.3, -0.25) is 0 Å². The minimum Gasteiger partial charge on any atom is -0.491 e. The van der Waals surface area contributed by atoms with Gasteiger partial charge in [-0.05, 0) is 29.8 Å². The van der Waals surface area contributed by atoms with E-state index in [1.165, 1.54) is 5.56 Å². The van der Waals surface area contributed by atoms with Crippen molar-refractivity contribution < 1.29 is 9.84 Å². The highest BCUT2D eigenvalue weighted by Crippen LogP contribution is 2.16. The molecule has 1 atom stereocenters. The van der Waals surface area contributed by atoms with E-state index in [1.54, 1.807) is 0 Å².